The highest BCUT2D eigenvalue weighted by molar-refractivity contribution is 7.88. The summed E-state index contributed by atoms with van der Waals surface area (Å²) in [4.78, 5) is 0. The Bertz CT molecular complexity index is 540. The average molecular weight is 298 g/mol. The summed E-state index contributed by atoms with van der Waals surface area (Å²) in [6.45, 7) is 10.1. The highest BCUT2D eigenvalue weighted by Gasteiger charge is 2.29. The first kappa shape index (κ1) is 17.0. The lowest BCUT2D eigenvalue weighted by atomic mass is 9.82. The minimum Gasteiger partial charge on any atom is -0.399 e. The number of rotatable bonds is 5. The number of hydrogen-bond donors (Lipinski definition) is 2. The number of sulfonamides is 1. The zero-order chi connectivity index (χ0) is 15.6. The largest absolute Gasteiger partial charge is 0.399 e. The van der Waals surface area contributed by atoms with Crippen molar-refractivity contribution in [2.45, 2.75) is 52.3 Å². The summed E-state index contributed by atoms with van der Waals surface area (Å²) in [6, 6.07) is 6.91. The van der Waals surface area contributed by atoms with E-state index in [-0.39, 0.29) is 11.2 Å². The Labute approximate surface area is 122 Å². The molecular formula is C15H26N2O2S. The zero-order valence-corrected chi connectivity index (χ0v) is 13.8. The third-order valence-electron chi connectivity index (χ3n) is 2.74. The van der Waals surface area contributed by atoms with Crippen molar-refractivity contribution in [1.82, 2.24) is 4.72 Å². The second-order valence-corrected chi connectivity index (χ2v) is 8.95. The van der Waals surface area contributed by atoms with Crippen molar-refractivity contribution in [1.29, 1.82) is 0 Å². The molecule has 1 rings (SSSR count). The highest BCUT2D eigenvalue weighted by atomic mass is 32.2. The number of anilines is 1. The minimum atomic E-state index is -3.37. The van der Waals surface area contributed by atoms with E-state index in [9.17, 15) is 8.42 Å². The van der Waals surface area contributed by atoms with Crippen molar-refractivity contribution in [3.63, 3.8) is 0 Å². The topological polar surface area (TPSA) is 72.2 Å². The summed E-state index contributed by atoms with van der Waals surface area (Å²) in [7, 11) is -3.37. The fourth-order valence-corrected chi connectivity index (χ4v) is 4.27. The average Bonchev–Trinajstić information content (AvgIpc) is 2.15. The maximum absolute atomic E-state index is 12.2. The van der Waals surface area contributed by atoms with E-state index < -0.39 is 15.6 Å². The molecule has 20 heavy (non-hydrogen) atoms. The van der Waals surface area contributed by atoms with Gasteiger partial charge in [0.2, 0.25) is 10.0 Å². The molecule has 0 fully saturated rings. The van der Waals surface area contributed by atoms with Crippen LogP contribution in [0.2, 0.25) is 0 Å². The van der Waals surface area contributed by atoms with E-state index in [2.05, 4.69) is 25.5 Å². The van der Waals surface area contributed by atoms with Crippen LogP contribution < -0.4 is 10.5 Å². The van der Waals surface area contributed by atoms with E-state index in [0.29, 0.717) is 5.69 Å². The summed E-state index contributed by atoms with van der Waals surface area (Å²) >= 11 is 0. The lowest BCUT2D eigenvalue weighted by molar-refractivity contribution is 0.269. The maximum atomic E-state index is 12.2. The smallest absolute Gasteiger partial charge is 0.216 e. The standard InChI is InChI=1S/C15H26N2O2S/c1-14(2,3)11-15(4,5)17-20(18,19)10-12-6-8-13(16)9-7-12/h6-9,17H,10-11,16H2,1-5H3. The van der Waals surface area contributed by atoms with Gasteiger partial charge >= 0.3 is 0 Å². The normalized spacial score (nSPS) is 13.4. The van der Waals surface area contributed by atoms with Gasteiger partial charge in [0, 0.05) is 11.2 Å². The summed E-state index contributed by atoms with van der Waals surface area (Å²) in [5.41, 5.74) is 6.56. The maximum Gasteiger partial charge on any atom is 0.216 e. The van der Waals surface area contributed by atoms with Gasteiger partial charge in [-0.25, -0.2) is 13.1 Å². The summed E-state index contributed by atoms with van der Waals surface area (Å²) in [6.07, 6.45) is 0.765. The Morgan fingerprint density at radius 2 is 1.55 bits per heavy atom. The molecule has 0 radical (unpaired) electrons. The van der Waals surface area contributed by atoms with Crippen LogP contribution in [-0.4, -0.2) is 14.0 Å². The van der Waals surface area contributed by atoms with Crippen LogP contribution in [0.3, 0.4) is 0 Å². The van der Waals surface area contributed by atoms with E-state index in [4.69, 9.17) is 5.73 Å². The van der Waals surface area contributed by atoms with Crippen LogP contribution in [0.5, 0.6) is 0 Å². The second-order valence-electron chi connectivity index (χ2n) is 7.22. The van der Waals surface area contributed by atoms with Gasteiger partial charge in [-0.2, -0.15) is 0 Å². The molecule has 1 aromatic carbocycles. The molecule has 0 amide bonds. The number of benzene rings is 1. The van der Waals surface area contributed by atoms with Gasteiger partial charge in [-0.1, -0.05) is 32.9 Å². The van der Waals surface area contributed by atoms with Crippen molar-refractivity contribution in [3.05, 3.63) is 29.8 Å². The van der Waals surface area contributed by atoms with Crippen LogP contribution in [-0.2, 0) is 15.8 Å². The van der Waals surface area contributed by atoms with Crippen LogP contribution in [0.15, 0.2) is 24.3 Å². The quantitative estimate of drug-likeness (QED) is 0.821. The van der Waals surface area contributed by atoms with Crippen LogP contribution in [0.1, 0.15) is 46.6 Å². The molecule has 3 N–H and O–H groups in total. The molecule has 0 atom stereocenters. The third kappa shape index (κ3) is 6.39. The van der Waals surface area contributed by atoms with Gasteiger partial charge in [0.1, 0.15) is 0 Å². The van der Waals surface area contributed by atoms with Crippen molar-refractivity contribution < 1.29 is 8.42 Å². The van der Waals surface area contributed by atoms with Gasteiger partial charge in [0.15, 0.2) is 0 Å². The van der Waals surface area contributed by atoms with Gasteiger partial charge < -0.3 is 5.73 Å². The molecule has 0 unspecified atom stereocenters. The molecule has 0 saturated carbocycles. The van der Waals surface area contributed by atoms with Gasteiger partial charge in [-0.05, 0) is 43.4 Å². The number of nitrogens with one attached hydrogen (secondary N) is 1. The molecular weight excluding hydrogens is 272 g/mol. The van der Waals surface area contributed by atoms with Crippen LogP contribution >= 0.6 is 0 Å². The first-order valence-corrected chi connectivity index (χ1v) is 8.40. The Morgan fingerprint density at radius 3 is 2.00 bits per heavy atom. The van der Waals surface area contributed by atoms with Gasteiger partial charge in [-0.15, -0.1) is 0 Å². The predicted octanol–water partition coefficient (Wildman–Crippen LogP) is 2.90. The number of nitrogen functional groups attached to an aromatic ring is 1. The Morgan fingerprint density at radius 1 is 1.05 bits per heavy atom. The van der Waals surface area contributed by atoms with E-state index >= 15 is 0 Å². The lowest BCUT2D eigenvalue weighted by Crippen LogP contribution is -2.46. The van der Waals surface area contributed by atoms with Gasteiger partial charge in [-0.3, -0.25) is 0 Å². The van der Waals surface area contributed by atoms with Crippen molar-refractivity contribution in [2.75, 3.05) is 5.73 Å². The lowest BCUT2D eigenvalue weighted by Gasteiger charge is -2.33. The molecule has 5 heteroatoms. The Balaban J connectivity index is 2.77. The molecule has 114 valence electrons. The third-order valence-corrected chi connectivity index (χ3v) is 4.32. The van der Waals surface area contributed by atoms with Crippen LogP contribution in [0.4, 0.5) is 5.69 Å². The summed E-state index contributed by atoms with van der Waals surface area (Å²) < 4.78 is 27.3. The minimum absolute atomic E-state index is 0.0269. The zero-order valence-electron chi connectivity index (χ0n) is 13.0. The first-order valence-electron chi connectivity index (χ1n) is 6.75. The summed E-state index contributed by atoms with van der Waals surface area (Å²) in [5, 5.41) is 0. The van der Waals surface area contributed by atoms with E-state index in [1.165, 1.54) is 0 Å². The molecule has 4 nitrogen and oxygen atoms in total. The molecule has 0 saturated heterocycles. The van der Waals surface area contributed by atoms with Gasteiger partial charge in [0.05, 0.1) is 5.75 Å². The van der Waals surface area contributed by atoms with Crippen LogP contribution in [0.25, 0.3) is 0 Å². The molecule has 0 spiro atoms. The van der Waals surface area contributed by atoms with E-state index in [1.807, 2.05) is 13.8 Å². The number of hydrogen-bond acceptors (Lipinski definition) is 3. The predicted molar refractivity (Wildman–Crippen MR) is 84.8 cm³/mol. The monoisotopic (exact) mass is 298 g/mol. The van der Waals surface area contributed by atoms with Crippen molar-refractivity contribution in [2.24, 2.45) is 5.41 Å². The molecule has 0 aromatic heterocycles. The fourth-order valence-electron chi connectivity index (χ4n) is 2.65. The summed E-state index contributed by atoms with van der Waals surface area (Å²) in [5.74, 6) is -0.0269. The van der Waals surface area contributed by atoms with Crippen molar-refractivity contribution >= 4 is 15.7 Å². The van der Waals surface area contributed by atoms with E-state index in [1.54, 1.807) is 24.3 Å². The molecule has 0 heterocycles. The molecule has 0 aliphatic heterocycles. The molecule has 0 aliphatic rings. The van der Waals surface area contributed by atoms with E-state index in [0.717, 1.165) is 12.0 Å². The molecule has 0 aliphatic carbocycles. The Kier molecular flexibility index (Phi) is 4.87. The van der Waals surface area contributed by atoms with Crippen molar-refractivity contribution in [3.8, 4) is 0 Å². The SMILES string of the molecule is CC(C)(C)CC(C)(C)NS(=O)(=O)Cc1ccc(N)cc1. The first-order chi connectivity index (χ1) is 8.89. The fraction of sp³-hybridized carbons (Fsp3) is 0.600. The molecule has 1 aromatic rings. The van der Waals surface area contributed by atoms with Gasteiger partial charge in [0.25, 0.3) is 0 Å². The van der Waals surface area contributed by atoms with Crippen LogP contribution in [0, 0.1) is 5.41 Å². The number of nitrogens with two attached hydrogens (primary N) is 1. The second kappa shape index (κ2) is 5.74. The highest BCUT2D eigenvalue weighted by Crippen LogP contribution is 2.27. The Hall–Kier alpha value is -1.07. The molecule has 0 bridgehead atoms.